The molecule has 2 fully saturated rings. The van der Waals surface area contributed by atoms with Gasteiger partial charge in [-0.25, -0.2) is 19.4 Å². The molecule has 2 aromatic heterocycles. The second-order valence-corrected chi connectivity index (χ2v) is 18.1. The number of ketones is 2. The van der Waals surface area contributed by atoms with Crippen LogP contribution < -0.4 is 65.6 Å². The van der Waals surface area contributed by atoms with Gasteiger partial charge in [0.15, 0.2) is 11.6 Å². The molecule has 0 bridgehead atoms. The van der Waals surface area contributed by atoms with Gasteiger partial charge in [-0.2, -0.15) is 19.9 Å². The van der Waals surface area contributed by atoms with Crippen LogP contribution in [0.4, 0.5) is 23.3 Å². The number of nitrogen functional groups attached to an aromatic ring is 2. The molecule has 0 spiro atoms. The molecule has 8 rings (SSSR count). The quantitative estimate of drug-likeness (QED) is 0.0419. The van der Waals surface area contributed by atoms with Crippen LogP contribution >= 0.6 is 0 Å². The Morgan fingerprint density at radius 1 is 0.679 bits per heavy atom. The number of rotatable bonds is 15. The second-order valence-electron chi connectivity index (χ2n) is 18.1. The minimum Gasteiger partial charge on any atom is -0.793 e. The van der Waals surface area contributed by atoms with Crippen LogP contribution in [0.2, 0.25) is 0 Å². The van der Waals surface area contributed by atoms with Crippen molar-refractivity contribution in [2.75, 3.05) is 100 Å². The van der Waals surface area contributed by atoms with Crippen LogP contribution in [0.5, 0.6) is 12.0 Å². The number of nitrogens with zero attached hydrogens (tertiary/aromatic N) is 7. The number of hydrogen-bond donors (Lipinski definition) is 4. The van der Waals surface area contributed by atoms with E-state index in [4.69, 9.17) is 40.3 Å². The van der Waals surface area contributed by atoms with Gasteiger partial charge in [-0.05, 0) is 35.6 Å². The molecule has 0 amide bonds. The Kier molecular flexibility index (Phi) is 34.3. The predicted octanol–water partition coefficient (Wildman–Crippen LogP) is 0.745. The number of anilines is 4. The number of nitrogens with two attached hydrogens (primary N) is 2. The summed E-state index contributed by atoms with van der Waals surface area (Å²) < 4.78 is 25.3. The van der Waals surface area contributed by atoms with E-state index in [1.807, 2.05) is 21.9 Å². The van der Waals surface area contributed by atoms with Crippen LogP contribution in [-0.4, -0.2) is 159 Å². The molecule has 25 nitrogen and oxygen atoms in total. The summed E-state index contributed by atoms with van der Waals surface area (Å²) in [5, 5.41) is 10.6. The maximum atomic E-state index is 12.4. The van der Waals surface area contributed by atoms with Crippen LogP contribution in [0, 0.1) is 0 Å². The van der Waals surface area contributed by atoms with Gasteiger partial charge < -0.3 is 63.3 Å². The van der Waals surface area contributed by atoms with E-state index in [0.717, 1.165) is 123 Å². The molecule has 4 aliphatic heterocycles. The van der Waals surface area contributed by atoms with Crippen molar-refractivity contribution in [3.8, 4) is 12.0 Å². The number of carboxylic acid groups (broad SMARTS) is 1. The summed E-state index contributed by atoms with van der Waals surface area (Å²) in [5.74, 6) is -0.467. The molecule has 3 radical (unpaired) electrons. The fourth-order valence-corrected chi connectivity index (χ4v) is 7.57. The first kappa shape index (κ1) is 70.3. The van der Waals surface area contributed by atoms with E-state index in [2.05, 4.69) is 90.7 Å². The summed E-state index contributed by atoms with van der Waals surface area (Å²) in [6, 6.07) is 16.3. The third-order valence-electron chi connectivity index (χ3n) is 11.2. The molecule has 6 heterocycles. The molecular formula is C54H75BN10NaO15. The number of nitrogens with one attached hydrogen (secondary N) is 1. The molecule has 2 aromatic carbocycles. The molecule has 27 heteroatoms. The van der Waals surface area contributed by atoms with Crippen molar-refractivity contribution in [3.05, 3.63) is 81.9 Å². The first-order chi connectivity index (χ1) is 38.3. The van der Waals surface area contributed by atoms with Crippen molar-refractivity contribution >= 4 is 73.1 Å². The van der Waals surface area contributed by atoms with E-state index in [9.17, 15) is 28.8 Å². The number of carboxylic acids is 1. The summed E-state index contributed by atoms with van der Waals surface area (Å²) in [5.41, 5.74) is 17.5. The van der Waals surface area contributed by atoms with E-state index in [1.54, 1.807) is 12.1 Å². The Balaban J connectivity index is 0.000000398. The number of carbonyl (C=O) groups is 7. The topological polar surface area (TPSA) is 330 Å². The maximum Gasteiger partial charge on any atom is 1.00 e. The van der Waals surface area contributed by atoms with Gasteiger partial charge in [0, 0.05) is 103 Å². The first-order valence-corrected chi connectivity index (χ1v) is 26.1. The minimum atomic E-state index is -0.833. The summed E-state index contributed by atoms with van der Waals surface area (Å²) in [6.07, 6.45) is 5.17. The van der Waals surface area contributed by atoms with Crippen molar-refractivity contribution < 1.29 is 102 Å². The monoisotopic (exact) mass is 1140 g/mol. The smallest absolute Gasteiger partial charge is 0.793 e. The second kappa shape index (κ2) is 39.6. The molecule has 0 aliphatic carbocycles. The zero-order valence-corrected chi connectivity index (χ0v) is 49.6. The fourth-order valence-electron chi connectivity index (χ4n) is 7.57. The van der Waals surface area contributed by atoms with Crippen LogP contribution in [-0.2, 0) is 85.1 Å². The molecule has 2 saturated heterocycles. The molecule has 4 aliphatic rings. The van der Waals surface area contributed by atoms with E-state index >= 15 is 0 Å². The molecular weight excluding hydrogens is 1060 g/mol. The Bertz CT molecular complexity index is 2600. The fraction of sp³-hybridized carbons (Fsp3) is 0.500. The Morgan fingerprint density at radius 2 is 1.10 bits per heavy atom. The van der Waals surface area contributed by atoms with Gasteiger partial charge in [-0.15, -0.1) is 0 Å². The van der Waals surface area contributed by atoms with Crippen molar-refractivity contribution in [1.82, 2.24) is 30.2 Å². The number of fused-ring (bicyclic) bond motifs is 2. The summed E-state index contributed by atoms with van der Waals surface area (Å²) in [4.78, 5) is 105. The number of aldehydes is 1. The van der Waals surface area contributed by atoms with Crippen LogP contribution in [0.3, 0.4) is 0 Å². The van der Waals surface area contributed by atoms with Crippen LogP contribution in [0.25, 0.3) is 0 Å². The molecule has 0 unspecified atom stereocenters. The van der Waals surface area contributed by atoms with Gasteiger partial charge in [-0.3, -0.25) is 28.9 Å². The number of hydrogen-bond acceptors (Lipinski definition) is 24. The van der Waals surface area contributed by atoms with Crippen molar-refractivity contribution in [2.24, 2.45) is 0 Å². The standard InChI is InChI=1S/C23H31N5O3.C19H22N4O3.C4H9NO.C4H6O4.C2H3BO2.C2H4O2.Na/c1-2-3-9-31-23-25-21(24)20-13-19(29)16-28(22(20)26-23)15-18-6-4-5-17(12-18)14-27-7-10-30-11-8-27;1-2-3-7-26-19-21-17(20)16-9-15(25)11-23(18(16)22-19)10-13-5-4-6-14(8-13)12-24;1-3-6-4-2-5-1;1-3(5)7-8-4(2)6;1-2(4)5-3;1-2(3)4;/h4-6,12H,2-3,7-11,13-16H2,1H3,(H2,24,25,26);4-6,8,12H,2-3,7,9-11H2,1H3,(H2,20,21,22);5H,1-4H2;1-2H3;1H3;1H3,(H,3,4);/q;;;;-1;;+1. The first-order valence-electron chi connectivity index (χ1n) is 26.1. The molecule has 0 atom stereocenters. The average Bonchev–Trinajstić information content (AvgIpc) is 3.42. The van der Waals surface area contributed by atoms with Gasteiger partial charge in [0.25, 0.3) is 5.97 Å². The van der Waals surface area contributed by atoms with E-state index in [1.165, 1.54) is 12.5 Å². The third kappa shape index (κ3) is 28.5. The number of unbranched alkanes of at least 4 members (excludes halogenated alkanes) is 2. The normalized spacial score (nSPS) is 14.1. The molecule has 4 aromatic rings. The van der Waals surface area contributed by atoms with Crippen molar-refractivity contribution in [2.45, 2.75) is 99.7 Å². The van der Waals surface area contributed by atoms with Crippen molar-refractivity contribution in [1.29, 1.82) is 0 Å². The van der Waals surface area contributed by atoms with Crippen molar-refractivity contribution in [3.63, 3.8) is 0 Å². The van der Waals surface area contributed by atoms with Gasteiger partial charge in [0.1, 0.15) is 29.6 Å². The zero-order valence-electron chi connectivity index (χ0n) is 47.6. The molecule has 6 N–H and O–H groups in total. The van der Waals surface area contributed by atoms with Gasteiger partial charge in [-0.1, -0.05) is 69.2 Å². The molecule has 81 heavy (non-hydrogen) atoms. The largest absolute Gasteiger partial charge is 1.00 e. The number of Topliss-reactive ketones (excluding diaryl/α,β-unsaturated/α-hetero) is 2. The number of benzene rings is 2. The maximum absolute atomic E-state index is 12.4. The van der Waals surface area contributed by atoms with E-state index < -0.39 is 23.9 Å². The molecule has 435 valence electrons. The summed E-state index contributed by atoms with van der Waals surface area (Å²) >= 11 is 0. The summed E-state index contributed by atoms with van der Waals surface area (Å²) in [6.45, 7) is 19.7. The number of ether oxygens (including phenoxy) is 4. The van der Waals surface area contributed by atoms with E-state index in [-0.39, 0.29) is 78.3 Å². The van der Waals surface area contributed by atoms with Gasteiger partial charge in [0.05, 0.1) is 52.7 Å². The SMILES string of the molecule is C1COCCN1.CC(=O)O.CC(=O)OOC(C)=O.CCCCOc1nc(N)c2c(n1)N(Cc1cccc(C=O)c1)CC(=O)C2.CCCCOc1nc(N)c2c(n1)N(Cc1cccc(CN3CCOCC3)c1)CC(=O)C2.[B-]OC(C)=O.[Na+]. The van der Waals surface area contributed by atoms with E-state index in [0.29, 0.717) is 67.0 Å². The number of aromatic nitrogens is 4. The van der Waals surface area contributed by atoms with Crippen LogP contribution in [0.15, 0.2) is 48.5 Å². The number of morpholine rings is 2. The Morgan fingerprint density at radius 3 is 1.48 bits per heavy atom. The van der Waals surface area contributed by atoms with Crippen LogP contribution in [0.1, 0.15) is 105 Å². The zero-order chi connectivity index (χ0) is 58.8. The Hall–Kier alpha value is -6.81. The molecule has 0 saturated carbocycles. The predicted molar refractivity (Wildman–Crippen MR) is 296 cm³/mol. The number of carbonyl (C=O) groups excluding carboxylic acids is 6. The summed E-state index contributed by atoms with van der Waals surface area (Å²) in [7, 11) is 4.32. The van der Waals surface area contributed by atoms with Gasteiger partial charge >= 0.3 is 53.5 Å². The average molecular weight is 1140 g/mol. The van der Waals surface area contributed by atoms with Gasteiger partial charge in [0.2, 0.25) is 5.97 Å². The Labute approximate surface area is 496 Å². The minimum absolute atomic E-state index is 0. The number of aliphatic carboxylic acids is 1. The third-order valence-corrected chi connectivity index (χ3v) is 11.2.